The first kappa shape index (κ1) is 23.3. The largest absolute Gasteiger partial charge is 0.316 e. The molecular weight excluding hydrogens is 470 g/mol. The summed E-state index contributed by atoms with van der Waals surface area (Å²) in [5.41, 5.74) is 5.22. The van der Waals surface area contributed by atoms with Crippen molar-refractivity contribution in [1.29, 1.82) is 0 Å². The summed E-state index contributed by atoms with van der Waals surface area (Å²) in [5.74, 6) is 0.241. The zero-order chi connectivity index (χ0) is 24.3. The van der Waals surface area contributed by atoms with E-state index in [0.29, 0.717) is 5.02 Å². The molecule has 2 unspecified atom stereocenters. The summed E-state index contributed by atoms with van der Waals surface area (Å²) in [6.07, 6.45) is 3.13. The standard InChI is InChI=1S/C26H28ClN3O3S/c1-16-23(25(31)22-14-26(22)12-3-13-29-15-26)17(2)30(24(16)18-4-6-19(27)7-5-18)20-8-10-21(11-9-20)34(28,32)33/h4-11,22,29H,3,12-15H2,1-2H3,(H2,28,32,33). The number of halogens is 1. The number of nitrogens with one attached hydrogen (secondary N) is 1. The zero-order valence-electron chi connectivity index (χ0n) is 19.3. The van der Waals surface area contributed by atoms with Gasteiger partial charge in [0.25, 0.3) is 0 Å². The van der Waals surface area contributed by atoms with Crippen molar-refractivity contribution in [2.75, 3.05) is 13.1 Å². The third-order valence-corrected chi connectivity index (χ3v) is 8.63. The second-order valence-corrected chi connectivity index (χ2v) is 11.6. The van der Waals surface area contributed by atoms with E-state index in [2.05, 4.69) is 5.32 Å². The Morgan fingerprint density at radius 3 is 2.38 bits per heavy atom. The molecule has 1 aliphatic carbocycles. The molecule has 34 heavy (non-hydrogen) atoms. The van der Waals surface area contributed by atoms with Crippen LogP contribution in [0.1, 0.15) is 40.9 Å². The summed E-state index contributed by atoms with van der Waals surface area (Å²) in [6.45, 7) is 5.88. The number of hydrogen-bond donors (Lipinski definition) is 2. The third kappa shape index (κ3) is 3.90. The third-order valence-electron chi connectivity index (χ3n) is 7.45. The van der Waals surface area contributed by atoms with Crippen molar-refractivity contribution in [1.82, 2.24) is 9.88 Å². The van der Waals surface area contributed by atoms with Crippen LogP contribution in [0.3, 0.4) is 0 Å². The molecule has 3 N–H and O–H groups in total. The Morgan fingerprint density at radius 1 is 1.12 bits per heavy atom. The van der Waals surface area contributed by atoms with Gasteiger partial charge in [-0.25, -0.2) is 13.6 Å². The van der Waals surface area contributed by atoms with E-state index in [1.54, 1.807) is 12.1 Å². The smallest absolute Gasteiger partial charge is 0.238 e. The molecule has 6 nitrogen and oxygen atoms in total. The average Bonchev–Trinajstić information content (AvgIpc) is 3.42. The number of hydrogen-bond acceptors (Lipinski definition) is 4. The molecule has 0 amide bonds. The second kappa shape index (κ2) is 8.34. The minimum absolute atomic E-state index is 0.0383. The number of primary sulfonamides is 1. The van der Waals surface area contributed by atoms with Crippen LogP contribution in [-0.4, -0.2) is 31.9 Å². The van der Waals surface area contributed by atoms with Crippen LogP contribution < -0.4 is 10.5 Å². The lowest BCUT2D eigenvalue weighted by Crippen LogP contribution is -2.33. The summed E-state index contributed by atoms with van der Waals surface area (Å²) in [5, 5.41) is 9.39. The van der Waals surface area contributed by atoms with Crippen LogP contribution in [-0.2, 0) is 10.0 Å². The van der Waals surface area contributed by atoms with Crippen LogP contribution in [0, 0.1) is 25.2 Å². The van der Waals surface area contributed by atoms with Crippen LogP contribution >= 0.6 is 11.6 Å². The summed E-state index contributed by atoms with van der Waals surface area (Å²) < 4.78 is 25.5. The molecule has 1 spiro atoms. The summed E-state index contributed by atoms with van der Waals surface area (Å²) >= 11 is 6.14. The number of nitrogens with zero attached hydrogens (tertiary/aromatic N) is 1. The Labute approximate surface area is 205 Å². The first-order chi connectivity index (χ1) is 16.1. The summed E-state index contributed by atoms with van der Waals surface area (Å²) in [4.78, 5) is 13.9. The minimum Gasteiger partial charge on any atom is -0.316 e. The number of carbonyl (C=O) groups excluding carboxylic acids is 1. The maximum atomic E-state index is 13.8. The van der Waals surface area contributed by atoms with E-state index in [1.807, 2.05) is 42.7 Å². The van der Waals surface area contributed by atoms with E-state index in [1.165, 1.54) is 12.1 Å². The van der Waals surface area contributed by atoms with E-state index in [-0.39, 0.29) is 22.0 Å². The van der Waals surface area contributed by atoms with Gasteiger partial charge in [-0.2, -0.15) is 0 Å². The van der Waals surface area contributed by atoms with Gasteiger partial charge in [0.2, 0.25) is 10.0 Å². The lowest BCUT2D eigenvalue weighted by molar-refractivity contribution is 0.0940. The molecule has 1 saturated heterocycles. The SMILES string of the molecule is Cc1c(C(=O)C2CC23CCCNC3)c(C)n(-c2ccc(S(N)(=O)=O)cc2)c1-c1ccc(Cl)cc1. The van der Waals surface area contributed by atoms with E-state index >= 15 is 0 Å². The number of piperidine rings is 1. The number of carbonyl (C=O) groups is 1. The van der Waals surface area contributed by atoms with Gasteiger partial charge in [-0.15, -0.1) is 0 Å². The summed E-state index contributed by atoms with van der Waals surface area (Å²) in [6, 6.07) is 14.0. The van der Waals surface area contributed by atoms with Crippen LogP contribution in [0.15, 0.2) is 53.4 Å². The topological polar surface area (TPSA) is 94.2 Å². The predicted octanol–water partition coefficient (Wildman–Crippen LogP) is 4.63. The minimum atomic E-state index is -3.80. The van der Waals surface area contributed by atoms with Crippen molar-refractivity contribution in [2.24, 2.45) is 16.5 Å². The Bertz CT molecular complexity index is 1370. The van der Waals surface area contributed by atoms with Crippen LogP contribution in [0.4, 0.5) is 0 Å². The van der Waals surface area contributed by atoms with Crippen molar-refractivity contribution >= 4 is 27.4 Å². The van der Waals surface area contributed by atoms with Crippen molar-refractivity contribution in [2.45, 2.75) is 38.0 Å². The molecule has 2 fully saturated rings. The quantitative estimate of drug-likeness (QED) is 0.502. The Kier molecular flexibility index (Phi) is 5.72. The van der Waals surface area contributed by atoms with Crippen molar-refractivity contribution in [3.8, 4) is 16.9 Å². The van der Waals surface area contributed by atoms with E-state index in [4.69, 9.17) is 16.7 Å². The number of nitrogens with two attached hydrogens (primary N) is 1. The molecule has 178 valence electrons. The van der Waals surface area contributed by atoms with Crippen molar-refractivity contribution in [3.05, 3.63) is 70.4 Å². The number of ketones is 1. The summed E-state index contributed by atoms with van der Waals surface area (Å²) in [7, 11) is -3.80. The van der Waals surface area contributed by atoms with Crippen molar-refractivity contribution in [3.63, 3.8) is 0 Å². The van der Waals surface area contributed by atoms with Gasteiger partial charge in [-0.1, -0.05) is 23.7 Å². The fourth-order valence-corrected chi connectivity index (χ4v) is 6.26. The predicted molar refractivity (Wildman–Crippen MR) is 134 cm³/mol. The van der Waals surface area contributed by atoms with Gasteiger partial charge < -0.3 is 9.88 Å². The number of aromatic nitrogens is 1. The highest BCUT2D eigenvalue weighted by Gasteiger charge is 2.58. The molecule has 5 rings (SSSR count). The number of rotatable bonds is 5. The number of sulfonamides is 1. The fraction of sp³-hybridized carbons (Fsp3) is 0.346. The zero-order valence-corrected chi connectivity index (χ0v) is 20.8. The molecule has 2 aliphatic rings. The molecule has 2 aromatic carbocycles. The molecule has 2 heterocycles. The molecule has 3 aromatic rings. The molecule has 1 aromatic heterocycles. The van der Waals surface area contributed by atoms with Crippen LogP contribution in [0.25, 0.3) is 16.9 Å². The van der Waals surface area contributed by atoms with Gasteiger partial charge in [0, 0.05) is 34.4 Å². The highest BCUT2D eigenvalue weighted by molar-refractivity contribution is 7.89. The van der Waals surface area contributed by atoms with Gasteiger partial charge in [0.05, 0.1) is 10.6 Å². The van der Waals surface area contributed by atoms with Gasteiger partial charge in [0.15, 0.2) is 5.78 Å². The number of benzene rings is 2. The molecule has 1 saturated carbocycles. The maximum absolute atomic E-state index is 13.8. The highest BCUT2D eigenvalue weighted by atomic mass is 35.5. The Balaban J connectivity index is 1.64. The highest BCUT2D eigenvalue weighted by Crippen LogP contribution is 2.58. The molecule has 8 heteroatoms. The van der Waals surface area contributed by atoms with Gasteiger partial charge in [-0.05, 0) is 92.6 Å². The van der Waals surface area contributed by atoms with Crippen molar-refractivity contribution < 1.29 is 13.2 Å². The Hall–Kier alpha value is -2.45. The van der Waals surface area contributed by atoms with E-state index < -0.39 is 10.0 Å². The fourth-order valence-electron chi connectivity index (χ4n) is 5.62. The number of Topliss-reactive ketones (excluding diaryl/α,β-unsaturated/α-hetero) is 1. The van der Waals surface area contributed by atoms with E-state index in [9.17, 15) is 13.2 Å². The molecule has 1 aliphatic heterocycles. The van der Waals surface area contributed by atoms with Crippen LogP contribution in [0.2, 0.25) is 5.02 Å². The molecule has 0 radical (unpaired) electrons. The van der Waals surface area contributed by atoms with E-state index in [0.717, 1.165) is 66.1 Å². The second-order valence-electron chi connectivity index (χ2n) is 9.58. The van der Waals surface area contributed by atoms with Crippen LogP contribution in [0.5, 0.6) is 0 Å². The monoisotopic (exact) mass is 497 g/mol. The Morgan fingerprint density at radius 2 is 1.79 bits per heavy atom. The first-order valence-corrected chi connectivity index (χ1v) is 13.4. The molecule has 0 bridgehead atoms. The van der Waals surface area contributed by atoms with Gasteiger partial charge in [-0.3, -0.25) is 4.79 Å². The first-order valence-electron chi connectivity index (χ1n) is 11.5. The average molecular weight is 498 g/mol. The van der Waals surface area contributed by atoms with Gasteiger partial charge >= 0.3 is 0 Å². The van der Waals surface area contributed by atoms with Gasteiger partial charge in [0.1, 0.15) is 0 Å². The lowest BCUT2D eigenvalue weighted by atomic mass is 9.90. The maximum Gasteiger partial charge on any atom is 0.238 e. The normalized spacial score (nSPS) is 22.2. The molecule has 2 atom stereocenters. The lowest BCUT2D eigenvalue weighted by Gasteiger charge is -2.23. The molecular formula is C26H28ClN3O3S.